The lowest BCUT2D eigenvalue weighted by Gasteiger charge is -2.31. The fraction of sp³-hybridized carbons (Fsp3) is 0.474. The number of benzene rings is 1. The summed E-state index contributed by atoms with van der Waals surface area (Å²) >= 11 is 0. The smallest absolute Gasteiger partial charge is 0.306 e. The number of carboxylic acid groups (broad SMARTS) is 1. The number of hydrogen-bond donors (Lipinski definition) is 1. The van der Waals surface area contributed by atoms with E-state index in [0.29, 0.717) is 24.7 Å². The zero-order valence-corrected chi connectivity index (χ0v) is 15.3. The van der Waals surface area contributed by atoms with Crippen LogP contribution in [0.25, 0.3) is 6.08 Å². The van der Waals surface area contributed by atoms with Crippen molar-refractivity contribution in [1.29, 1.82) is 0 Å². The number of ether oxygens (including phenoxy) is 3. The van der Waals surface area contributed by atoms with E-state index < -0.39 is 12.1 Å². The first-order valence-corrected chi connectivity index (χ1v) is 8.54. The minimum atomic E-state index is -0.935. The molecule has 1 aliphatic heterocycles. The van der Waals surface area contributed by atoms with Crippen LogP contribution in [-0.2, 0) is 14.3 Å². The van der Waals surface area contributed by atoms with Crippen LogP contribution in [-0.4, -0.2) is 60.9 Å². The Morgan fingerprint density at radius 3 is 2.81 bits per heavy atom. The van der Waals surface area contributed by atoms with Crippen molar-refractivity contribution in [2.75, 3.05) is 26.8 Å². The third-order valence-corrected chi connectivity index (χ3v) is 3.82. The number of rotatable bonds is 7. The van der Waals surface area contributed by atoms with Gasteiger partial charge in [0.25, 0.3) is 0 Å². The van der Waals surface area contributed by atoms with E-state index in [0.717, 1.165) is 5.56 Å². The number of hydrogen-bond acceptors (Lipinski definition) is 5. The molecule has 1 saturated heterocycles. The van der Waals surface area contributed by atoms with Gasteiger partial charge in [-0.1, -0.05) is 6.07 Å². The Kier molecular flexibility index (Phi) is 7.03. The zero-order valence-electron chi connectivity index (χ0n) is 15.3. The summed E-state index contributed by atoms with van der Waals surface area (Å²) in [6, 6.07) is 5.45. The molecule has 0 bridgehead atoms. The van der Waals surface area contributed by atoms with Crippen LogP contribution in [0, 0.1) is 0 Å². The van der Waals surface area contributed by atoms with Gasteiger partial charge < -0.3 is 24.2 Å². The van der Waals surface area contributed by atoms with Crippen LogP contribution < -0.4 is 9.47 Å². The topological polar surface area (TPSA) is 85.3 Å². The van der Waals surface area contributed by atoms with Gasteiger partial charge in [0.1, 0.15) is 0 Å². The molecule has 0 aliphatic carbocycles. The third-order valence-electron chi connectivity index (χ3n) is 3.82. The summed E-state index contributed by atoms with van der Waals surface area (Å²) in [5.74, 6) is 0.137. The Hall–Kier alpha value is -2.54. The maximum Gasteiger partial charge on any atom is 0.306 e. The molecule has 1 atom stereocenters. The average molecular weight is 363 g/mol. The number of morpholine rings is 1. The van der Waals surface area contributed by atoms with Crippen LogP contribution in [0.4, 0.5) is 0 Å². The SMILES string of the molecule is COc1cc(C=CC(=O)N2CCOC(CC(=O)O)C2)ccc1OC(C)C. The van der Waals surface area contributed by atoms with E-state index in [1.54, 1.807) is 30.2 Å². The lowest BCUT2D eigenvalue weighted by atomic mass is 10.1. The van der Waals surface area contributed by atoms with Crippen molar-refractivity contribution < 1.29 is 28.9 Å². The molecular formula is C19H25NO6. The van der Waals surface area contributed by atoms with Gasteiger partial charge in [-0.3, -0.25) is 9.59 Å². The highest BCUT2D eigenvalue weighted by molar-refractivity contribution is 5.92. The van der Waals surface area contributed by atoms with Gasteiger partial charge in [-0.05, 0) is 37.6 Å². The molecule has 0 aromatic heterocycles. The van der Waals surface area contributed by atoms with Gasteiger partial charge in [0, 0.05) is 19.2 Å². The van der Waals surface area contributed by atoms with E-state index in [1.807, 2.05) is 19.9 Å². The molecule has 1 aromatic carbocycles. The summed E-state index contributed by atoms with van der Waals surface area (Å²) in [6.07, 6.45) is 2.63. The van der Waals surface area contributed by atoms with Gasteiger partial charge >= 0.3 is 5.97 Å². The van der Waals surface area contributed by atoms with Gasteiger partial charge in [-0.25, -0.2) is 0 Å². The predicted molar refractivity (Wildman–Crippen MR) is 96.4 cm³/mol. The third kappa shape index (κ3) is 5.77. The maximum absolute atomic E-state index is 12.3. The molecule has 1 N–H and O–H groups in total. The van der Waals surface area contributed by atoms with Crippen LogP contribution in [0.5, 0.6) is 11.5 Å². The van der Waals surface area contributed by atoms with E-state index >= 15 is 0 Å². The standard InChI is InChI=1S/C19H25NO6/c1-13(2)26-16-6-4-14(10-17(16)24-3)5-7-18(21)20-8-9-25-15(12-20)11-19(22)23/h4-7,10,13,15H,8-9,11-12H2,1-3H3,(H,22,23). The number of carbonyl (C=O) groups is 2. The number of aliphatic carboxylic acids is 1. The van der Waals surface area contributed by atoms with E-state index in [9.17, 15) is 9.59 Å². The molecule has 1 amide bonds. The van der Waals surface area contributed by atoms with Crippen LogP contribution in [0.1, 0.15) is 25.8 Å². The molecule has 1 unspecified atom stereocenters. The van der Waals surface area contributed by atoms with Gasteiger partial charge in [-0.2, -0.15) is 0 Å². The number of methoxy groups -OCH3 is 1. The number of amides is 1. The monoisotopic (exact) mass is 363 g/mol. The molecule has 2 rings (SSSR count). The minimum Gasteiger partial charge on any atom is -0.493 e. The summed E-state index contributed by atoms with van der Waals surface area (Å²) in [5, 5.41) is 8.85. The molecule has 1 heterocycles. The Morgan fingerprint density at radius 2 is 2.15 bits per heavy atom. The predicted octanol–water partition coefficient (Wildman–Crippen LogP) is 2.20. The molecule has 26 heavy (non-hydrogen) atoms. The number of carbonyl (C=O) groups excluding carboxylic acids is 1. The van der Waals surface area contributed by atoms with Crippen LogP contribution in [0.15, 0.2) is 24.3 Å². The van der Waals surface area contributed by atoms with Gasteiger partial charge in [-0.15, -0.1) is 0 Å². The van der Waals surface area contributed by atoms with Crippen molar-refractivity contribution in [3.63, 3.8) is 0 Å². The van der Waals surface area contributed by atoms with E-state index in [2.05, 4.69) is 0 Å². The van der Waals surface area contributed by atoms with Crippen molar-refractivity contribution in [3.05, 3.63) is 29.8 Å². The summed E-state index contributed by atoms with van der Waals surface area (Å²) in [4.78, 5) is 24.7. The first-order valence-electron chi connectivity index (χ1n) is 8.54. The molecule has 7 heteroatoms. The van der Waals surface area contributed by atoms with Crippen LogP contribution >= 0.6 is 0 Å². The largest absolute Gasteiger partial charge is 0.493 e. The fourth-order valence-corrected chi connectivity index (χ4v) is 2.65. The molecular weight excluding hydrogens is 338 g/mol. The lowest BCUT2D eigenvalue weighted by Crippen LogP contribution is -2.45. The maximum atomic E-state index is 12.3. The van der Waals surface area contributed by atoms with Gasteiger partial charge in [0.2, 0.25) is 5.91 Å². The highest BCUT2D eigenvalue weighted by atomic mass is 16.5. The van der Waals surface area contributed by atoms with Gasteiger partial charge in [0.05, 0.1) is 32.3 Å². The Labute approximate surface area is 153 Å². The van der Waals surface area contributed by atoms with Crippen LogP contribution in [0.3, 0.4) is 0 Å². The highest BCUT2D eigenvalue weighted by Crippen LogP contribution is 2.29. The molecule has 142 valence electrons. The fourth-order valence-electron chi connectivity index (χ4n) is 2.65. The van der Waals surface area contributed by atoms with Crippen molar-refractivity contribution in [2.45, 2.75) is 32.5 Å². The molecule has 0 saturated carbocycles. The number of carboxylic acids is 1. The summed E-state index contributed by atoms with van der Waals surface area (Å²) in [5.41, 5.74) is 0.807. The quantitative estimate of drug-likeness (QED) is 0.748. The average Bonchev–Trinajstić information content (AvgIpc) is 2.59. The summed E-state index contributed by atoms with van der Waals surface area (Å²) in [6.45, 7) is 4.94. The molecule has 0 spiro atoms. The first kappa shape index (κ1) is 19.8. The molecule has 1 fully saturated rings. The second kappa shape index (κ2) is 9.24. The van der Waals surface area contributed by atoms with E-state index in [-0.39, 0.29) is 25.0 Å². The van der Waals surface area contributed by atoms with Crippen molar-refractivity contribution >= 4 is 18.0 Å². The molecule has 1 aromatic rings. The molecule has 7 nitrogen and oxygen atoms in total. The molecule has 0 radical (unpaired) electrons. The van der Waals surface area contributed by atoms with Crippen molar-refractivity contribution in [3.8, 4) is 11.5 Å². The first-order chi connectivity index (χ1) is 12.4. The summed E-state index contributed by atoms with van der Waals surface area (Å²) < 4.78 is 16.4. The van der Waals surface area contributed by atoms with Gasteiger partial charge in [0.15, 0.2) is 11.5 Å². The second-order valence-electron chi connectivity index (χ2n) is 6.29. The normalized spacial score (nSPS) is 17.5. The Morgan fingerprint density at radius 1 is 1.38 bits per heavy atom. The summed E-state index contributed by atoms with van der Waals surface area (Å²) in [7, 11) is 1.57. The van der Waals surface area contributed by atoms with E-state index in [4.69, 9.17) is 19.3 Å². The lowest BCUT2D eigenvalue weighted by molar-refractivity contribution is -0.145. The van der Waals surface area contributed by atoms with Crippen molar-refractivity contribution in [2.24, 2.45) is 0 Å². The number of nitrogens with zero attached hydrogens (tertiary/aromatic N) is 1. The van der Waals surface area contributed by atoms with Crippen LogP contribution in [0.2, 0.25) is 0 Å². The highest BCUT2D eigenvalue weighted by Gasteiger charge is 2.24. The Bertz CT molecular complexity index is 670. The zero-order chi connectivity index (χ0) is 19.1. The van der Waals surface area contributed by atoms with Crippen molar-refractivity contribution in [1.82, 2.24) is 4.90 Å². The Balaban J connectivity index is 2.02. The molecule has 1 aliphatic rings. The minimum absolute atomic E-state index is 0.0342. The second-order valence-corrected chi connectivity index (χ2v) is 6.29. The van der Waals surface area contributed by atoms with E-state index in [1.165, 1.54) is 6.08 Å².